The van der Waals surface area contributed by atoms with Gasteiger partial charge < -0.3 is 15.4 Å². The number of hydrogen-bond acceptors (Lipinski definition) is 3. The maximum Gasteiger partial charge on any atom is 0.259 e. The SMILES string of the molecule is CCOc1cccc(N)c1C(=O)N(CCC(C)C)C1CC1. The quantitative estimate of drug-likeness (QED) is 0.784. The lowest BCUT2D eigenvalue weighted by Gasteiger charge is -2.25. The third-order valence-electron chi connectivity index (χ3n) is 3.77. The molecule has 0 atom stereocenters. The zero-order valence-corrected chi connectivity index (χ0v) is 13.3. The Labute approximate surface area is 127 Å². The number of amides is 1. The third kappa shape index (κ3) is 3.90. The number of rotatable bonds is 7. The molecule has 1 aliphatic carbocycles. The fourth-order valence-electron chi connectivity index (χ4n) is 2.43. The van der Waals surface area contributed by atoms with Gasteiger partial charge in [0.25, 0.3) is 5.91 Å². The van der Waals surface area contributed by atoms with Crippen LogP contribution in [0.1, 0.15) is 50.4 Å². The molecule has 0 aromatic heterocycles. The molecule has 1 aromatic carbocycles. The van der Waals surface area contributed by atoms with Crippen molar-refractivity contribution >= 4 is 11.6 Å². The van der Waals surface area contributed by atoms with E-state index in [1.807, 2.05) is 24.0 Å². The standard InChI is InChI=1S/C17H26N2O2/c1-4-21-15-7-5-6-14(18)16(15)17(20)19(13-8-9-13)11-10-12(2)3/h5-7,12-13H,4,8-11,18H2,1-3H3. The van der Waals surface area contributed by atoms with Crippen molar-refractivity contribution in [1.82, 2.24) is 4.90 Å². The molecule has 1 saturated carbocycles. The summed E-state index contributed by atoms with van der Waals surface area (Å²) in [5.41, 5.74) is 7.06. The second-order valence-electron chi connectivity index (χ2n) is 6.07. The van der Waals surface area contributed by atoms with Crippen molar-refractivity contribution in [3.63, 3.8) is 0 Å². The Kier molecular flexibility index (Phi) is 5.10. The first-order valence-electron chi connectivity index (χ1n) is 7.86. The predicted octanol–water partition coefficient (Wildman–Crippen LogP) is 3.32. The van der Waals surface area contributed by atoms with Gasteiger partial charge in [-0.25, -0.2) is 0 Å². The van der Waals surface area contributed by atoms with Crippen molar-refractivity contribution in [2.75, 3.05) is 18.9 Å². The summed E-state index contributed by atoms with van der Waals surface area (Å²) in [5, 5.41) is 0. The van der Waals surface area contributed by atoms with Gasteiger partial charge in [0.05, 0.1) is 6.61 Å². The van der Waals surface area contributed by atoms with Crippen LogP contribution in [0.5, 0.6) is 5.75 Å². The van der Waals surface area contributed by atoms with Gasteiger partial charge in [0.2, 0.25) is 0 Å². The summed E-state index contributed by atoms with van der Waals surface area (Å²) in [4.78, 5) is 14.9. The van der Waals surface area contributed by atoms with E-state index in [2.05, 4.69) is 13.8 Å². The molecule has 1 amide bonds. The summed E-state index contributed by atoms with van der Waals surface area (Å²) in [7, 11) is 0. The molecule has 4 nitrogen and oxygen atoms in total. The Bertz CT molecular complexity index is 496. The van der Waals surface area contributed by atoms with E-state index in [4.69, 9.17) is 10.5 Å². The van der Waals surface area contributed by atoms with Crippen LogP contribution in [0.4, 0.5) is 5.69 Å². The average Bonchev–Trinajstić information content (AvgIpc) is 3.23. The summed E-state index contributed by atoms with van der Waals surface area (Å²) in [5.74, 6) is 1.19. The Balaban J connectivity index is 2.23. The van der Waals surface area contributed by atoms with Crippen molar-refractivity contribution in [2.45, 2.75) is 46.1 Å². The van der Waals surface area contributed by atoms with E-state index >= 15 is 0 Å². The van der Waals surface area contributed by atoms with Crippen LogP contribution in [0.25, 0.3) is 0 Å². The van der Waals surface area contributed by atoms with Crippen molar-refractivity contribution in [3.05, 3.63) is 23.8 Å². The van der Waals surface area contributed by atoms with E-state index in [1.54, 1.807) is 6.07 Å². The summed E-state index contributed by atoms with van der Waals surface area (Å²) in [6, 6.07) is 5.79. The van der Waals surface area contributed by atoms with Gasteiger partial charge in [0, 0.05) is 18.3 Å². The first kappa shape index (κ1) is 15.7. The topological polar surface area (TPSA) is 55.6 Å². The smallest absolute Gasteiger partial charge is 0.259 e. The molecule has 0 radical (unpaired) electrons. The summed E-state index contributed by atoms with van der Waals surface area (Å²) < 4.78 is 5.59. The van der Waals surface area contributed by atoms with E-state index in [0.29, 0.717) is 35.6 Å². The number of nitrogen functional groups attached to an aromatic ring is 1. The lowest BCUT2D eigenvalue weighted by atomic mass is 10.1. The minimum absolute atomic E-state index is 0.0136. The summed E-state index contributed by atoms with van der Waals surface area (Å²) >= 11 is 0. The molecule has 0 aliphatic heterocycles. The van der Waals surface area contributed by atoms with Gasteiger partial charge in [-0.3, -0.25) is 4.79 Å². The number of carbonyl (C=O) groups is 1. The number of nitrogens with two attached hydrogens (primary N) is 1. The fraction of sp³-hybridized carbons (Fsp3) is 0.588. The molecule has 1 aliphatic rings. The largest absolute Gasteiger partial charge is 0.493 e. The molecule has 116 valence electrons. The Hall–Kier alpha value is -1.71. The van der Waals surface area contributed by atoms with Crippen LogP contribution in [-0.4, -0.2) is 30.0 Å². The van der Waals surface area contributed by atoms with Crippen LogP contribution in [0.15, 0.2) is 18.2 Å². The zero-order valence-electron chi connectivity index (χ0n) is 13.3. The van der Waals surface area contributed by atoms with Crippen LogP contribution >= 0.6 is 0 Å². The minimum atomic E-state index is 0.0136. The Morgan fingerprint density at radius 1 is 1.43 bits per heavy atom. The van der Waals surface area contributed by atoms with Crippen LogP contribution in [0.2, 0.25) is 0 Å². The molecule has 0 unspecified atom stereocenters. The van der Waals surface area contributed by atoms with E-state index in [-0.39, 0.29) is 5.91 Å². The van der Waals surface area contributed by atoms with Crippen LogP contribution in [0.3, 0.4) is 0 Å². The van der Waals surface area contributed by atoms with Gasteiger partial charge in [0.1, 0.15) is 11.3 Å². The molecule has 1 aromatic rings. The minimum Gasteiger partial charge on any atom is -0.493 e. The molecule has 2 rings (SSSR count). The fourth-order valence-corrected chi connectivity index (χ4v) is 2.43. The van der Waals surface area contributed by atoms with Crippen LogP contribution < -0.4 is 10.5 Å². The monoisotopic (exact) mass is 290 g/mol. The second kappa shape index (κ2) is 6.83. The van der Waals surface area contributed by atoms with Crippen LogP contribution in [0, 0.1) is 5.92 Å². The van der Waals surface area contributed by atoms with Crippen molar-refractivity contribution < 1.29 is 9.53 Å². The zero-order chi connectivity index (χ0) is 15.4. The molecular formula is C17H26N2O2. The number of benzene rings is 1. The molecule has 4 heteroatoms. The van der Waals surface area contributed by atoms with Gasteiger partial charge >= 0.3 is 0 Å². The number of anilines is 1. The highest BCUT2D eigenvalue weighted by Crippen LogP contribution is 2.33. The lowest BCUT2D eigenvalue weighted by Crippen LogP contribution is -2.35. The molecule has 21 heavy (non-hydrogen) atoms. The first-order valence-corrected chi connectivity index (χ1v) is 7.86. The molecule has 2 N–H and O–H groups in total. The van der Waals surface area contributed by atoms with Crippen LogP contribution in [-0.2, 0) is 0 Å². The molecule has 1 fully saturated rings. The van der Waals surface area contributed by atoms with E-state index in [0.717, 1.165) is 25.8 Å². The highest BCUT2D eigenvalue weighted by Gasteiger charge is 2.34. The molecular weight excluding hydrogens is 264 g/mol. The van der Waals surface area contributed by atoms with E-state index in [9.17, 15) is 4.79 Å². The van der Waals surface area contributed by atoms with Crippen molar-refractivity contribution in [1.29, 1.82) is 0 Å². The predicted molar refractivity (Wildman–Crippen MR) is 85.5 cm³/mol. The van der Waals surface area contributed by atoms with Gasteiger partial charge in [-0.15, -0.1) is 0 Å². The number of nitrogens with zero attached hydrogens (tertiary/aromatic N) is 1. The lowest BCUT2D eigenvalue weighted by molar-refractivity contribution is 0.0732. The highest BCUT2D eigenvalue weighted by atomic mass is 16.5. The molecule has 0 heterocycles. The van der Waals surface area contributed by atoms with E-state index in [1.165, 1.54) is 0 Å². The maximum atomic E-state index is 12.9. The highest BCUT2D eigenvalue weighted by molar-refractivity contribution is 6.02. The second-order valence-corrected chi connectivity index (χ2v) is 6.07. The molecule has 0 saturated heterocycles. The summed E-state index contributed by atoms with van der Waals surface area (Å²) in [6.45, 7) is 7.59. The van der Waals surface area contributed by atoms with Gasteiger partial charge in [0.15, 0.2) is 0 Å². The number of carbonyl (C=O) groups excluding carboxylic acids is 1. The average molecular weight is 290 g/mol. The molecule has 0 bridgehead atoms. The van der Waals surface area contributed by atoms with Gasteiger partial charge in [-0.2, -0.15) is 0 Å². The Morgan fingerprint density at radius 3 is 2.71 bits per heavy atom. The number of hydrogen-bond donors (Lipinski definition) is 1. The van der Waals surface area contributed by atoms with Crippen molar-refractivity contribution in [3.8, 4) is 5.75 Å². The van der Waals surface area contributed by atoms with Gasteiger partial charge in [-0.1, -0.05) is 19.9 Å². The Morgan fingerprint density at radius 2 is 2.14 bits per heavy atom. The number of ether oxygens (including phenoxy) is 1. The molecule has 0 spiro atoms. The van der Waals surface area contributed by atoms with Gasteiger partial charge in [-0.05, 0) is 44.2 Å². The third-order valence-corrected chi connectivity index (χ3v) is 3.77. The first-order chi connectivity index (χ1) is 10.0. The maximum absolute atomic E-state index is 12.9. The van der Waals surface area contributed by atoms with E-state index < -0.39 is 0 Å². The normalized spacial score (nSPS) is 14.3. The summed E-state index contributed by atoms with van der Waals surface area (Å²) in [6.07, 6.45) is 3.21. The van der Waals surface area contributed by atoms with Crippen molar-refractivity contribution in [2.24, 2.45) is 5.92 Å².